The molecule has 2 aliphatic rings. The van der Waals surface area contributed by atoms with E-state index in [1.54, 1.807) is 7.11 Å². The topological polar surface area (TPSA) is 109 Å². The van der Waals surface area contributed by atoms with Crippen LogP contribution in [0.2, 0.25) is 0 Å². The maximum Gasteiger partial charge on any atom is 0.249 e. The van der Waals surface area contributed by atoms with Gasteiger partial charge in [-0.2, -0.15) is 0 Å². The average molecular weight is 483 g/mol. The second-order valence-corrected chi connectivity index (χ2v) is 9.47. The molecule has 8 heteroatoms. The van der Waals surface area contributed by atoms with Crippen LogP contribution in [0.25, 0.3) is 0 Å². The van der Waals surface area contributed by atoms with Gasteiger partial charge in [0.05, 0.1) is 19.8 Å². The number of ether oxygens (including phenoxy) is 3. The molecule has 5 atom stereocenters. The fourth-order valence-electron chi connectivity index (χ4n) is 4.36. The molecule has 4 rings (SSSR count). The lowest BCUT2D eigenvalue weighted by atomic mass is 9.92. The number of aliphatic hydroxyl groups is 1. The maximum absolute atomic E-state index is 13.5. The smallest absolute Gasteiger partial charge is 0.249 e. The van der Waals surface area contributed by atoms with Crippen molar-refractivity contribution >= 4 is 11.8 Å². The Balaban J connectivity index is 1.51. The van der Waals surface area contributed by atoms with Crippen LogP contribution in [0.5, 0.6) is 5.75 Å². The summed E-state index contributed by atoms with van der Waals surface area (Å²) in [6, 6.07) is 15.6. The second kappa shape index (κ2) is 11.2. The largest absolute Gasteiger partial charge is 0.497 e. The van der Waals surface area contributed by atoms with Crippen LogP contribution in [0.1, 0.15) is 30.9 Å². The van der Waals surface area contributed by atoms with Crippen LogP contribution < -0.4 is 15.4 Å². The van der Waals surface area contributed by atoms with Gasteiger partial charge in [-0.15, -0.1) is 0 Å². The first-order valence-corrected chi connectivity index (χ1v) is 12.1. The van der Waals surface area contributed by atoms with Crippen molar-refractivity contribution in [1.82, 2.24) is 10.6 Å². The summed E-state index contributed by atoms with van der Waals surface area (Å²) in [5, 5.41) is 16.9. The number of methoxy groups -OCH3 is 1. The Morgan fingerprint density at radius 3 is 2.37 bits per heavy atom. The van der Waals surface area contributed by atoms with Crippen molar-refractivity contribution in [2.24, 2.45) is 0 Å². The molecule has 35 heavy (non-hydrogen) atoms. The predicted molar refractivity (Wildman–Crippen MR) is 130 cm³/mol. The molecule has 2 aromatic carbocycles. The summed E-state index contributed by atoms with van der Waals surface area (Å²) in [6.45, 7) is 2.80. The zero-order chi connectivity index (χ0) is 24.8. The standard InChI is InChI=1S/C27H34N2O6/c1-27(17-35-27)24(30)21(15-18-7-4-3-5-8-18)28-25(31)22(29-26(32)23-9-6-14-34-23)16-19-10-12-20(33-2)13-11-19/h3-5,7-8,10-13,21-24,30H,6,9,14-17H2,1-2H3,(H,28,31)(H,29,32). The first-order valence-electron chi connectivity index (χ1n) is 12.1. The minimum absolute atomic E-state index is 0.288. The third kappa shape index (κ3) is 6.60. The van der Waals surface area contributed by atoms with Crippen molar-refractivity contribution < 1.29 is 28.9 Å². The Labute approximate surface area is 206 Å². The molecule has 3 N–H and O–H groups in total. The molecule has 0 aliphatic carbocycles. The van der Waals surface area contributed by atoms with Gasteiger partial charge < -0.3 is 30.0 Å². The third-order valence-corrected chi connectivity index (χ3v) is 6.69. The van der Waals surface area contributed by atoms with E-state index in [4.69, 9.17) is 14.2 Å². The minimum Gasteiger partial charge on any atom is -0.497 e. The molecule has 0 aromatic heterocycles. The highest BCUT2D eigenvalue weighted by Gasteiger charge is 2.50. The Kier molecular flexibility index (Phi) is 8.05. The minimum atomic E-state index is -0.901. The van der Waals surface area contributed by atoms with Crippen LogP contribution in [0.3, 0.4) is 0 Å². The number of carbonyl (C=O) groups excluding carboxylic acids is 2. The van der Waals surface area contributed by atoms with E-state index < -0.39 is 29.9 Å². The van der Waals surface area contributed by atoms with Gasteiger partial charge in [0, 0.05) is 13.0 Å². The lowest BCUT2D eigenvalue weighted by Crippen LogP contribution is -2.57. The number of amides is 2. The summed E-state index contributed by atoms with van der Waals surface area (Å²) >= 11 is 0. The van der Waals surface area contributed by atoms with Gasteiger partial charge in [0.15, 0.2) is 0 Å². The molecule has 188 valence electrons. The molecule has 0 saturated carbocycles. The van der Waals surface area contributed by atoms with E-state index in [1.807, 2.05) is 61.5 Å². The molecule has 2 heterocycles. The van der Waals surface area contributed by atoms with E-state index in [9.17, 15) is 14.7 Å². The molecule has 2 fully saturated rings. The van der Waals surface area contributed by atoms with Crippen molar-refractivity contribution in [2.75, 3.05) is 20.3 Å². The maximum atomic E-state index is 13.5. The Morgan fingerprint density at radius 2 is 1.77 bits per heavy atom. The molecule has 2 amide bonds. The lowest BCUT2D eigenvalue weighted by molar-refractivity contribution is -0.135. The Morgan fingerprint density at radius 1 is 1.09 bits per heavy atom. The lowest BCUT2D eigenvalue weighted by Gasteiger charge is -2.29. The molecule has 0 bridgehead atoms. The van der Waals surface area contributed by atoms with Crippen LogP contribution in [0.4, 0.5) is 0 Å². The van der Waals surface area contributed by atoms with E-state index >= 15 is 0 Å². The first kappa shape index (κ1) is 25.2. The van der Waals surface area contributed by atoms with E-state index in [2.05, 4.69) is 10.6 Å². The van der Waals surface area contributed by atoms with E-state index in [0.717, 1.165) is 17.5 Å². The first-order chi connectivity index (χ1) is 16.9. The van der Waals surface area contributed by atoms with Crippen molar-refractivity contribution in [1.29, 1.82) is 0 Å². The molecule has 2 aromatic rings. The summed E-state index contributed by atoms with van der Waals surface area (Å²) in [7, 11) is 1.59. The quantitative estimate of drug-likeness (QED) is 0.421. The van der Waals surface area contributed by atoms with Gasteiger partial charge in [-0.1, -0.05) is 42.5 Å². The van der Waals surface area contributed by atoms with Crippen LogP contribution in [0, 0.1) is 0 Å². The summed E-state index contributed by atoms with van der Waals surface area (Å²) < 4.78 is 16.2. The van der Waals surface area contributed by atoms with Gasteiger partial charge in [0.25, 0.3) is 0 Å². The third-order valence-electron chi connectivity index (χ3n) is 6.69. The van der Waals surface area contributed by atoms with Gasteiger partial charge in [0.2, 0.25) is 11.8 Å². The fraction of sp³-hybridized carbons (Fsp3) is 0.481. The van der Waals surface area contributed by atoms with Crippen LogP contribution in [-0.4, -0.2) is 67.1 Å². The summed E-state index contributed by atoms with van der Waals surface area (Å²) in [4.78, 5) is 26.4. The number of benzene rings is 2. The molecular formula is C27H34N2O6. The van der Waals surface area contributed by atoms with Gasteiger partial charge in [-0.25, -0.2) is 0 Å². The zero-order valence-corrected chi connectivity index (χ0v) is 20.2. The monoisotopic (exact) mass is 482 g/mol. The molecule has 8 nitrogen and oxygen atoms in total. The average Bonchev–Trinajstić information content (AvgIpc) is 3.39. The van der Waals surface area contributed by atoms with E-state index in [-0.39, 0.29) is 18.2 Å². The highest BCUT2D eigenvalue weighted by atomic mass is 16.6. The predicted octanol–water partition coefficient (Wildman–Crippen LogP) is 1.78. The summed E-state index contributed by atoms with van der Waals surface area (Å²) in [5.41, 5.74) is 1.16. The fourth-order valence-corrected chi connectivity index (χ4v) is 4.36. The van der Waals surface area contributed by atoms with Crippen molar-refractivity contribution in [3.8, 4) is 5.75 Å². The van der Waals surface area contributed by atoms with Gasteiger partial charge in [-0.05, 0) is 49.4 Å². The number of hydrogen-bond donors (Lipinski definition) is 3. The molecule has 0 spiro atoms. The molecule has 2 saturated heterocycles. The van der Waals surface area contributed by atoms with Gasteiger partial charge >= 0.3 is 0 Å². The van der Waals surface area contributed by atoms with Crippen LogP contribution in [0.15, 0.2) is 54.6 Å². The summed E-state index contributed by atoms with van der Waals surface area (Å²) in [5.74, 6) is 0.0482. The van der Waals surface area contributed by atoms with Gasteiger partial charge in [0.1, 0.15) is 29.6 Å². The zero-order valence-electron chi connectivity index (χ0n) is 20.2. The SMILES string of the molecule is COc1ccc(CC(NC(=O)C2CCCO2)C(=O)NC(Cc2ccccc2)C(O)C2(C)CO2)cc1. The number of aliphatic hydroxyl groups excluding tert-OH is 1. The molecule has 5 unspecified atom stereocenters. The number of epoxide rings is 1. The van der Waals surface area contributed by atoms with E-state index in [0.29, 0.717) is 31.8 Å². The summed E-state index contributed by atoms with van der Waals surface area (Å²) in [6.07, 6.45) is 0.718. The van der Waals surface area contributed by atoms with Crippen LogP contribution in [-0.2, 0) is 31.9 Å². The number of carbonyl (C=O) groups is 2. The number of hydrogen-bond acceptors (Lipinski definition) is 6. The Bertz CT molecular complexity index is 986. The van der Waals surface area contributed by atoms with Gasteiger partial charge in [-0.3, -0.25) is 9.59 Å². The van der Waals surface area contributed by atoms with Crippen LogP contribution >= 0.6 is 0 Å². The highest BCUT2D eigenvalue weighted by Crippen LogP contribution is 2.32. The highest BCUT2D eigenvalue weighted by molar-refractivity contribution is 5.89. The molecule has 2 aliphatic heterocycles. The van der Waals surface area contributed by atoms with Crippen molar-refractivity contribution in [2.45, 2.75) is 62.5 Å². The number of rotatable bonds is 11. The second-order valence-electron chi connectivity index (χ2n) is 9.47. The normalized spacial score (nSPS) is 23.7. The van der Waals surface area contributed by atoms with Crippen molar-refractivity contribution in [3.63, 3.8) is 0 Å². The number of nitrogens with one attached hydrogen (secondary N) is 2. The molecule has 0 radical (unpaired) electrons. The van der Waals surface area contributed by atoms with E-state index in [1.165, 1.54) is 0 Å². The molecular weight excluding hydrogens is 448 g/mol. The van der Waals surface area contributed by atoms with Crippen molar-refractivity contribution in [3.05, 3.63) is 65.7 Å². The Hall–Kier alpha value is -2.94.